The van der Waals surface area contributed by atoms with Crippen LogP contribution in [-0.2, 0) is 16.7 Å². The molecule has 9 heteroatoms. The van der Waals surface area contributed by atoms with E-state index in [-0.39, 0.29) is 5.56 Å². The van der Waals surface area contributed by atoms with Gasteiger partial charge in [-0.3, -0.25) is 9.69 Å². The molecule has 6 nitrogen and oxygen atoms in total. The molecule has 3 amide bonds. The van der Waals surface area contributed by atoms with Crippen molar-refractivity contribution in [3.63, 3.8) is 0 Å². The Kier molecular flexibility index (Phi) is 4.16. The van der Waals surface area contributed by atoms with Crippen LogP contribution in [-0.4, -0.2) is 29.0 Å². The van der Waals surface area contributed by atoms with E-state index in [1.54, 1.807) is 18.2 Å². The highest BCUT2D eigenvalue weighted by Crippen LogP contribution is 2.39. The largest absolute Gasteiger partial charge is 0.417 e. The summed E-state index contributed by atoms with van der Waals surface area (Å²) in [6.07, 6.45) is -4.85. The van der Waals surface area contributed by atoms with Crippen molar-refractivity contribution < 1.29 is 27.9 Å². The van der Waals surface area contributed by atoms with Crippen LogP contribution in [0.1, 0.15) is 16.7 Å². The van der Waals surface area contributed by atoms with Gasteiger partial charge in [0.05, 0.1) is 22.9 Å². The Bertz CT molecular complexity index is 969. The van der Waals surface area contributed by atoms with Gasteiger partial charge in [-0.15, -0.1) is 0 Å². The molecule has 2 aromatic carbocycles. The highest BCUT2D eigenvalue weighted by molar-refractivity contribution is 6.22. The van der Waals surface area contributed by atoms with Gasteiger partial charge in [0.2, 0.25) is 0 Å². The second kappa shape index (κ2) is 6.10. The Morgan fingerprint density at radius 3 is 2.30 bits per heavy atom. The number of imide groups is 1. The van der Waals surface area contributed by atoms with Crippen molar-refractivity contribution in [2.24, 2.45) is 0 Å². The number of hydrogen-bond donors (Lipinski definition) is 1. The average Bonchev–Trinajstić information content (AvgIpc) is 2.82. The van der Waals surface area contributed by atoms with E-state index in [9.17, 15) is 27.9 Å². The van der Waals surface area contributed by atoms with E-state index in [0.717, 1.165) is 17.0 Å². The van der Waals surface area contributed by atoms with E-state index in [1.165, 1.54) is 25.2 Å². The topological polar surface area (TPSA) is 84.6 Å². The summed E-state index contributed by atoms with van der Waals surface area (Å²) in [5.74, 6) is -1.11. The summed E-state index contributed by atoms with van der Waals surface area (Å²) in [6.45, 7) is 0. The van der Waals surface area contributed by atoms with E-state index in [2.05, 4.69) is 0 Å². The lowest BCUT2D eigenvalue weighted by Crippen LogP contribution is -2.44. The SMILES string of the molecule is CN1C(=O)N(c2ccc(C#N)c(C(F)(F)F)c2)C(=O)C1(O)c1ccccc1. The maximum Gasteiger partial charge on any atom is 0.417 e. The molecule has 0 aliphatic carbocycles. The summed E-state index contributed by atoms with van der Waals surface area (Å²) < 4.78 is 39.6. The second-order valence-electron chi connectivity index (χ2n) is 5.86. The number of hydrogen-bond acceptors (Lipinski definition) is 4. The third kappa shape index (κ3) is 2.71. The van der Waals surface area contributed by atoms with E-state index in [4.69, 9.17) is 5.26 Å². The molecule has 0 radical (unpaired) electrons. The third-order valence-electron chi connectivity index (χ3n) is 4.33. The van der Waals surface area contributed by atoms with Gasteiger partial charge in [-0.25, -0.2) is 9.69 Å². The molecule has 1 unspecified atom stereocenters. The van der Waals surface area contributed by atoms with Crippen molar-refractivity contribution in [2.75, 3.05) is 11.9 Å². The molecule has 1 N–H and O–H groups in total. The molecule has 27 heavy (non-hydrogen) atoms. The molecule has 1 fully saturated rings. The van der Waals surface area contributed by atoms with E-state index < -0.39 is 40.7 Å². The number of nitriles is 1. The molecule has 3 rings (SSSR count). The lowest BCUT2D eigenvalue weighted by atomic mass is 10.0. The van der Waals surface area contributed by atoms with Crippen LogP contribution in [0.3, 0.4) is 0 Å². The van der Waals surface area contributed by atoms with Gasteiger partial charge in [0, 0.05) is 12.6 Å². The van der Waals surface area contributed by atoms with Gasteiger partial charge in [0.25, 0.3) is 11.6 Å². The van der Waals surface area contributed by atoms with Gasteiger partial charge < -0.3 is 5.11 Å². The van der Waals surface area contributed by atoms with Crippen molar-refractivity contribution in [2.45, 2.75) is 11.9 Å². The summed E-state index contributed by atoms with van der Waals surface area (Å²) in [6, 6.07) is 10.5. The Hall–Kier alpha value is -3.38. The zero-order chi connectivity index (χ0) is 20.0. The molecule has 0 spiro atoms. The van der Waals surface area contributed by atoms with Gasteiger partial charge >= 0.3 is 12.2 Å². The van der Waals surface area contributed by atoms with Crippen molar-refractivity contribution >= 4 is 17.6 Å². The first-order valence-electron chi connectivity index (χ1n) is 7.64. The number of aliphatic hydroxyl groups is 1. The molecule has 1 aliphatic rings. The molecule has 1 atom stereocenters. The number of carbonyl (C=O) groups is 2. The number of likely N-dealkylation sites (N-methyl/N-ethyl adjacent to an activating group) is 1. The van der Waals surface area contributed by atoms with Crippen LogP contribution in [0.5, 0.6) is 0 Å². The summed E-state index contributed by atoms with van der Waals surface area (Å²) >= 11 is 0. The van der Waals surface area contributed by atoms with Crippen molar-refractivity contribution in [1.29, 1.82) is 5.26 Å². The fraction of sp³-hybridized carbons (Fsp3) is 0.167. The van der Waals surface area contributed by atoms with Crippen LogP contribution in [0.4, 0.5) is 23.7 Å². The van der Waals surface area contributed by atoms with Crippen LogP contribution >= 0.6 is 0 Å². The average molecular weight is 375 g/mol. The molecule has 138 valence electrons. The monoisotopic (exact) mass is 375 g/mol. The Morgan fingerprint density at radius 2 is 1.74 bits per heavy atom. The zero-order valence-corrected chi connectivity index (χ0v) is 13.9. The minimum atomic E-state index is -4.85. The number of alkyl halides is 3. The molecule has 1 aliphatic heterocycles. The zero-order valence-electron chi connectivity index (χ0n) is 13.9. The fourth-order valence-corrected chi connectivity index (χ4v) is 2.89. The van der Waals surface area contributed by atoms with E-state index in [0.29, 0.717) is 11.0 Å². The molecule has 1 heterocycles. The van der Waals surface area contributed by atoms with Crippen LogP contribution in [0.15, 0.2) is 48.5 Å². The van der Waals surface area contributed by atoms with Crippen molar-refractivity contribution in [3.8, 4) is 6.07 Å². The first-order chi connectivity index (χ1) is 12.6. The standard InChI is InChI=1S/C18H12F3N3O3/c1-23-16(26)24(15(25)17(23,27)12-5-3-2-4-6-12)13-8-7-11(10-22)14(9-13)18(19,20)21/h2-9,27H,1H3. The predicted molar refractivity (Wildman–Crippen MR) is 87.1 cm³/mol. The number of rotatable bonds is 2. The number of carbonyl (C=O) groups excluding carboxylic acids is 2. The molecular formula is C18H12F3N3O3. The highest BCUT2D eigenvalue weighted by atomic mass is 19.4. The second-order valence-corrected chi connectivity index (χ2v) is 5.86. The molecular weight excluding hydrogens is 363 g/mol. The smallest absolute Gasteiger partial charge is 0.359 e. The van der Waals surface area contributed by atoms with Gasteiger partial charge in [-0.05, 0) is 18.2 Å². The maximum absolute atomic E-state index is 13.2. The van der Waals surface area contributed by atoms with Crippen molar-refractivity contribution in [1.82, 2.24) is 4.90 Å². The summed E-state index contributed by atoms with van der Waals surface area (Å²) in [4.78, 5) is 26.6. The lowest BCUT2D eigenvalue weighted by molar-refractivity contribution is -0.146. The van der Waals surface area contributed by atoms with Gasteiger partial charge in [-0.1, -0.05) is 30.3 Å². The Labute approximate surface area is 151 Å². The molecule has 0 saturated carbocycles. The number of amides is 3. The summed E-state index contributed by atoms with van der Waals surface area (Å²) in [5, 5.41) is 19.7. The minimum absolute atomic E-state index is 0.0954. The quantitative estimate of drug-likeness (QED) is 0.818. The van der Waals surface area contributed by atoms with Gasteiger partial charge in [0.1, 0.15) is 0 Å². The molecule has 0 aromatic heterocycles. The molecule has 1 saturated heterocycles. The summed E-state index contributed by atoms with van der Waals surface area (Å²) in [5.41, 5.74) is -4.57. The number of halogens is 3. The van der Waals surface area contributed by atoms with Crippen LogP contribution in [0.2, 0.25) is 0 Å². The number of anilines is 1. The van der Waals surface area contributed by atoms with Crippen LogP contribution < -0.4 is 4.90 Å². The van der Waals surface area contributed by atoms with Crippen LogP contribution in [0.25, 0.3) is 0 Å². The van der Waals surface area contributed by atoms with Gasteiger partial charge in [0.15, 0.2) is 0 Å². The highest BCUT2D eigenvalue weighted by Gasteiger charge is 2.57. The van der Waals surface area contributed by atoms with E-state index >= 15 is 0 Å². The normalized spacial score (nSPS) is 20.1. The Morgan fingerprint density at radius 1 is 1.11 bits per heavy atom. The summed E-state index contributed by atoms with van der Waals surface area (Å²) in [7, 11) is 1.17. The Balaban J connectivity index is 2.13. The molecule has 0 bridgehead atoms. The predicted octanol–water partition coefficient (Wildman–Crippen LogP) is 2.82. The minimum Gasteiger partial charge on any atom is -0.359 e. The van der Waals surface area contributed by atoms with Crippen LogP contribution in [0, 0.1) is 11.3 Å². The maximum atomic E-state index is 13.2. The first kappa shape index (κ1) is 18.4. The fourth-order valence-electron chi connectivity index (χ4n) is 2.89. The number of urea groups is 1. The lowest BCUT2D eigenvalue weighted by Gasteiger charge is -2.26. The number of nitrogens with zero attached hydrogens (tertiary/aromatic N) is 3. The third-order valence-corrected chi connectivity index (χ3v) is 4.33. The van der Waals surface area contributed by atoms with E-state index in [1.807, 2.05) is 0 Å². The molecule has 2 aromatic rings. The first-order valence-corrected chi connectivity index (χ1v) is 7.64. The van der Waals surface area contributed by atoms with Crippen molar-refractivity contribution in [3.05, 3.63) is 65.2 Å². The number of benzene rings is 2. The van der Waals surface area contributed by atoms with Gasteiger partial charge in [-0.2, -0.15) is 18.4 Å².